The van der Waals surface area contributed by atoms with Crippen molar-refractivity contribution < 1.29 is 9.59 Å². The van der Waals surface area contributed by atoms with Crippen LogP contribution in [0.1, 0.15) is 42.5 Å². The second-order valence-electron chi connectivity index (χ2n) is 7.04. The second-order valence-corrected chi connectivity index (χ2v) is 7.04. The number of nitrogens with two attached hydrogens (primary N) is 1. The van der Waals surface area contributed by atoms with E-state index in [-0.39, 0.29) is 6.04 Å². The topological polar surface area (TPSA) is 66.6 Å². The van der Waals surface area contributed by atoms with E-state index in [1.807, 2.05) is 0 Å². The number of benzene rings is 1. The van der Waals surface area contributed by atoms with Gasteiger partial charge in [-0.2, -0.15) is 0 Å². The fourth-order valence-corrected chi connectivity index (χ4v) is 3.79. The number of likely N-dealkylation sites (tertiary alicyclic amines) is 1. The molecule has 0 unspecified atom stereocenters. The number of nitrogens with zero attached hydrogens (tertiary/aromatic N) is 2. The number of likely N-dealkylation sites (N-methyl/N-ethyl adjacent to an activating group) is 1. The summed E-state index contributed by atoms with van der Waals surface area (Å²) in [6, 6.07) is 6.48. The summed E-state index contributed by atoms with van der Waals surface area (Å²) in [6.45, 7) is 4.73. The van der Waals surface area contributed by atoms with E-state index in [1.54, 1.807) is 4.90 Å². The van der Waals surface area contributed by atoms with Crippen molar-refractivity contribution in [3.8, 4) is 0 Å². The molecule has 5 heteroatoms. The third kappa shape index (κ3) is 3.24. The zero-order valence-electron chi connectivity index (χ0n) is 13.9. The number of piperidine rings is 1. The van der Waals surface area contributed by atoms with Gasteiger partial charge in [-0.3, -0.25) is 9.59 Å². The van der Waals surface area contributed by atoms with Gasteiger partial charge in [-0.15, -0.1) is 0 Å². The summed E-state index contributed by atoms with van der Waals surface area (Å²) in [7, 11) is 2.13. The standard InChI is InChI=1S/C18H25N3O2/c1-12-3-6-16(21(10-12)18(23)17(19)22)14-5-4-13-7-8-20(2)11-15(13)9-14/h4-5,9,12,16H,3,6-8,10-11H2,1-2H3,(H2,19,22)/t12-,16+/m0/s1. The van der Waals surface area contributed by atoms with Crippen molar-refractivity contribution in [1.29, 1.82) is 0 Å². The van der Waals surface area contributed by atoms with Crippen LogP contribution in [-0.2, 0) is 22.6 Å². The maximum absolute atomic E-state index is 12.2. The summed E-state index contributed by atoms with van der Waals surface area (Å²) in [5.74, 6) is -1.02. The molecule has 0 saturated carbocycles. The number of amides is 2. The molecule has 0 aromatic heterocycles. The molecular weight excluding hydrogens is 290 g/mol. The molecule has 0 aliphatic carbocycles. The quantitative estimate of drug-likeness (QED) is 0.798. The van der Waals surface area contributed by atoms with Crippen LogP contribution >= 0.6 is 0 Å². The van der Waals surface area contributed by atoms with Crippen LogP contribution in [0.2, 0.25) is 0 Å². The fraction of sp³-hybridized carbons (Fsp3) is 0.556. The maximum Gasteiger partial charge on any atom is 0.312 e. The molecule has 5 nitrogen and oxygen atoms in total. The lowest BCUT2D eigenvalue weighted by Crippen LogP contribution is -2.47. The Kier molecular flexibility index (Phi) is 4.39. The molecule has 124 valence electrons. The molecule has 0 bridgehead atoms. The van der Waals surface area contributed by atoms with Gasteiger partial charge in [0.2, 0.25) is 0 Å². The molecule has 1 fully saturated rings. The lowest BCUT2D eigenvalue weighted by atomic mass is 9.87. The Morgan fingerprint density at radius 1 is 1.22 bits per heavy atom. The highest BCUT2D eigenvalue weighted by Crippen LogP contribution is 2.34. The van der Waals surface area contributed by atoms with E-state index < -0.39 is 11.8 Å². The molecule has 1 aromatic rings. The summed E-state index contributed by atoms with van der Waals surface area (Å²) >= 11 is 0. The monoisotopic (exact) mass is 315 g/mol. The first kappa shape index (κ1) is 16.0. The van der Waals surface area contributed by atoms with E-state index in [0.29, 0.717) is 12.5 Å². The van der Waals surface area contributed by atoms with Crippen LogP contribution in [0.4, 0.5) is 0 Å². The first-order valence-electron chi connectivity index (χ1n) is 8.36. The van der Waals surface area contributed by atoms with Crippen molar-refractivity contribution in [3.05, 3.63) is 34.9 Å². The number of fused-ring (bicyclic) bond motifs is 1. The van der Waals surface area contributed by atoms with Gasteiger partial charge in [-0.25, -0.2) is 0 Å². The first-order chi connectivity index (χ1) is 11.0. The SMILES string of the molecule is C[C@H]1CC[C@H](c2ccc3c(c2)CN(C)CC3)N(C(=O)C(N)=O)C1. The number of rotatable bonds is 1. The Labute approximate surface area is 137 Å². The maximum atomic E-state index is 12.2. The zero-order valence-corrected chi connectivity index (χ0v) is 13.9. The number of hydrogen-bond donors (Lipinski definition) is 1. The van der Waals surface area contributed by atoms with E-state index in [2.05, 4.69) is 37.1 Å². The number of primary amides is 1. The third-order valence-corrected chi connectivity index (χ3v) is 5.11. The van der Waals surface area contributed by atoms with Gasteiger partial charge in [-0.1, -0.05) is 25.1 Å². The van der Waals surface area contributed by atoms with Gasteiger partial charge in [-0.05, 0) is 48.9 Å². The highest BCUT2D eigenvalue weighted by atomic mass is 16.2. The lowest BCUT2D eigenvalue weighted by molar-refractivity contribution is -0.147. The molecule has 0 spiro atoms. The van der Waals surface area contributed by atoms with Crippen molar-refractivity contribution >= 4 is 11.8 Å². The van der Waals surface area contributed by atoms with Gasteiger partial charge >= 0.3 is 11.8 Å². The molecular formula is C18H25N3O2. The minimum Gasteiger partial charge on any atom is -0.361 e. The molecule has 2 heterocycles. The zero-order chi connectivity index (χ0) is 16.6. The summed E-state index contributed by atoms with van der Waals surface area (Å²) in [5.41, 5.74) is 9.10. The minimum absolute atomic E-state index is 0.0382. The predicted octanol–water partition coefficient (Wildman–Crippen LogP) is 1.46. The van der Waals surface area contributed by atoms with Crippen LogP contribution < -0.4 is 5.73 Å². The van der Waals surface area contributed by atoms with Gasteiger partial charge in [0.15, 0.2) is 0 Å². The fourth-order valence-electron chi connectivity index (χ4n) is 3.79. The van der Waals surface area contributed by atoms with Gasteiger partial charge in [0.05, 0.1) is 6.04 Å². The van der Waals surface area contributed by atoms with Crippen molar-refractivity contribution in [2.24, 2.45) is 11.7 Å². The molecule has 2 atom stereocenters. The Hall–Kier alpha value is -1.88. The number of hydrogen-bond acceptors (Lipinski definition) is 3. The molecule has 2 N–H and O–H groups in total. The van der Waals surface area contributed by atoms with Crippen molar-refractivity contribution in [3.63, 3.8) is 0 Å². The van der Waals surface area contributed by atoms with Gasteiger partial charge < -0.3 is 15.5 Å². The van der Waals surface area contributed by atoms with Crippen LogP contribution in [0.3, 0.4) is 0 Å². The molecule has 3 rings (SSSR count). The molecule has 2 aliphatic rings. The van der Waals surface area contributed by atoms with Crippen LogP contribution in [0, 0.1) is 5.92 Å². The number of carbonyl (C=O) groups excluding carboxylic acids is 2. The second kappa shape index (κ2) is 6.32. The smallest absolute Gasteiger partial charge is 0.312 e. The van der Waals surface area contributed by atoms with Crippen molar-refractivity contribution in [2.75, 3.05) is 20.1 Å². The highest BCUT2D eigenvalue weighted by Gasteiger charge is 2.33. The van der Waals surface area contributed by atoms with E-state index >= 15 is 0 Å². The van der Waals surface area contributed by atoms with E-state index in [9.17, 15) is 9.59 Å². The Morgan fingerprint density at radius 2 is 2.00 bits per heavy atom. The summed E-state index contributed by atoms with van der Waals surface area (Å²) < 4.78 is 0. The Balaban J connectivity index is 1.90. The van der Waals surface area contributed by atoms with Gasteiger partial charge in [0, 0.05) is 19.6 Å². The van der Waals surface area contributed by atoms with Crippen molar-refractivity contribution in [2.45, 2.75) is 38.8 Å². The normalized spacial score (nSPS) is 25.0. The summed E-state index contributed by atoms with van der Waals surface area (Å²) in [5, 5.41) is 0. The molecule has 1 aromatic carbocycles. The largest absolute Gasteiger partial charge is 0.361 e. The van der Waals surface area contributed by atoms with E-state index in [0.717, 1.165) is 37.9 Å². The lowest BCUT2D eigenvalue weighted by Gasteiger charge is -2.38. The average Bonchev–Trinajstić information content (AvgIpc) is 2.53. The first-order valence-corrected chi connectivity index (χ1v) is 8.36. The predicted molar refractivity (Wildman–Crippen MR) is 88.5 cm³/mol. The highest BCUT2D eigenvalue weighted by molar-refractivity contribution is 6.34. The third-order valence-electron chi connectivity index (χ3n) is 5.11. The average molecular weight is 315 g/mol. The molecule has 23 heavy (non-hydrogen) atoms. The van der Waals surface area contributed by atoms with Crippen LogP contribution in [0.5, 0.6) is 0 Å². The van der Waals surface area contributed by atoms with Gasteiger partial charge in [0.1, 0.15) is 0 Å². The molecule has 1 saturated heterocycles. The number of carbonyl (C=O) groups is 2. The summed E-state index contributed by atoms with van der Waals surface area (Å²) in [6.07, 6.45) is 3.01. The summed E-state index contributed by atoms with van der Waals surface area (Å²) in [4.78, 5) is 27.6. The molecule has 2 aliphatic heterocycles. The molecule has 2 amide bonds. The van der Waals surface area contributed by atoms with Crippen LogP contribution in [-0.4, -0.2) is 41.8 Å². The van der Waals surface area contributed by atoms with E-state index in [4.69, 9.17) is 5.73 Å². The van der Waals surface area contributed by atoms with Crippen LogP contribution in [0.25, 0.3) is 0 Å². The Morgan fingerprint density at radius 3 is 2.74 bits per heavy atom. The Bertz CT molecular complexity index is 629. The molecule has 0 radical (unpaired) electrons. The van der Waals surface area contributed by atoms with Crippen LogP contribution in [0.15, 0.2) is 18.2 Å². The minimum atomic E-state index is -0.859. The van der Waals surface area contributed by atoms with Crippen molar-refractivity contribution in [1.82, 2.24) is 9.80 Å². The van der Waals surface area contributed by atoms with Gasteiger partial charge in [0.25, 0.3) is 0 Å². The van der Waals surface area contributed by atoms with E-state index in [1.165, 1.54) is 11.1 Å².